The summed E-state index contributed by atoms with van der Waals surface area (Å²) in [5.74, 6) is -0.947. The molecule has 0 bridgehead atoms. The molecule has 13 heavy (non-hydrogen) atoms. The predicted octanol–water partition coefficient (Wildman–Crippen LogP) is -1.17. The van der Waals surface area contributed by atoms with Crippen molar-refractivity contribution in [2.75, 3.05) is 18.1 Å². The monoisotopic (exact) mass is 205 g/mol. The molecule has 1 saturated carbocycles. The highest BCUT2D eigenvalue weighted by molar-refractivity contribution is 7.92. The van der Waals surface area contributed by atoms with Crippen molar-refractivity contribution in [1.82, 2.24) is 0 Å². The molecule has 1 saturated heterocycles. The van der Waals surface area contributed by atoms with Crippen molar-refractivity contribution < 1.29 is 18.3 Å². The average Bonchev–Trinajstić information content (AvgIpc) is 2.56. The van der Waals surface area contributed by atoms with Gasteiger partial charge in [0.05, 0.1) is 16.9 Å². The Hall–Kier alpha value is -0.620. The van der Waals surface area contributed by atoms with Gasteiger partial charge in [0.1, 0.15) is 0 Å². The molecular weight excluding hydrogens is 194 g/mol. The fourth-order valence-electron chi connectivity index (χ4n) is 2.39. The number of hydrogen-bond acceptors (Lipinski definition) is 4. The van der Waals surface area contributed by atoms with Gasteiger partial charge in [0, 0.05) is 12.0 Å². The third-order valence-electron chi connectivity index (χ3n) is 3.28. The second-order valence-corrected chi connectivity index (χ2v) is 6.15. The van der Waals surface area contributed by atoms with Gasteiger partial charge in [-0.2, -0.15) is 0 Å². The van der Waals surface area contributed by atoms with E-state index >= 15 is 0 Å². The van der Waals surface area contributed by atoms with E-state index in [4.69, 9.17) is 10.8 Å². The Morgan fingerprint density at radius 2 is 2.00 bits per heavy atom. The summed E-state index contributed by atoms with van der Waals surface area (Å²) in [4.78, 5) is 10.9. The molecule has 3 N–H and O–H groups in total. The summed E-state index contributed by atoms with van der Waals surface area (Å²) in [6.07, 6.45) is 0.422. The van der Waals surface area contributed by atoms with Crippen LogP contribution in [0.25, 0.3) is 0 Å². The average molecular weight is 205 g/mol. The number of rotatable bonds is 2. The van der Waals surface area contributed by atoms with E-state index < -0.39 is 26.6 Å². The first-order valence-corrected chi connectivity index (χ1v) is 5.84. The van der Waals surface area contributed by atoms with Crippen LogP contribution in [0.15, 0.2) is 0 Å². The Morgan fingerprint density at radius 1 is 1.46 bits per heavy atom. The maximum Gasteiger partial charge on any atom is 0.311 e. The minimum absolute atomic E-state index is 0.00347. The van der Waals surface area contributed by atoms with Gasteiger partial charge < -0.3 is 10.8 Å². The minimum atomic E-state index is -2.96. The van der Waals surface area contributed by atoms with Crippen LogP contribution >= 0.6 is 0 Å². The van der Waals surface area contributed by atoms with Crippen LogP contribution in [0, 0.1) is 10.8 Å². The summed E-state index contributed by atoms with van der Waals surface area (Å²) in [6, 6.07) is 0. The largest absolute Gasteiger partial charge is 0.481 e. The summed E-state index contributed by atoms with van der Waals surface area (Å²) < 4.78 is 21.9. The second kappa shape index (κ2) is 2.06. The topological polar surface area (TPSA) is 97.5 Å². The smallest absolute Gasteiger partial charge is 0.311 e. The van der Waals surface area contributed by atoms with Gasteiger partial charge in [-0.05, 0) is 6.42 Å². The molecule has 2 rings (SSSR count). The first-order valence-electron chi connectivity index (χ1n) is 4.01. The highest BCUT2D eigenvalue weighted by atomic mass is 32.2. The molecule has 0 radical (unpaired) electrons. The molecule has 1 heterocycles. The fourth-order valence-corrected chi connectivity index (χ4v) is 4.75. The molecule has 2 aliphatic rings. The number of aliphatic carboxylic acids is 1. The Bertz CT molecular complexity index is 362. The fraction of sp³-hybridized carbons (Fsp3) is 0.857. The Labute approximate surface area is 75.8 Å². The molecule has 0 aromatic rings. The Morgan fingerprint density at radius 3 is 2.23 bits per heavy atom. The lowest BCUT2D eigenvalue weighted by molar-refractivity contribution is -0.144. The van der Waals surface area contributed by atoms with Gasteiger partial charge in [0.2, 0.25) is 0 Å². The summed E-state index contributed by atoms with van der Waals surface area (Å²) in [6.45, 7) is 0.0395. The standard InChI is InChI=1S/C7H11NO4S/c8-2-7(5(9)10)1-6(7)3-13(11,12)4-6/h1-4,8H2,(H,9,10). The lowest BCUT2D eigenvalue weighted by Gasteiger charge is -2.29. The second-order valence-electron chi connectivity index (χ2n) is 4.08. The van der Waals surface area contributed by atoms with Crippen molar-refractivity contribution in [2.45, 2.75) is 6.42 Å². The van der Waals surface area contributed by atoms with E-state index in [0.29, 0.717) is 6.42 Å². The van der Waals surface area contributed by atoms with Crippen LogP contribution in [-0.2, 0) is 14.6 Å². The molecule has 0 aromatic heterocycles. The summed E-state index contributed by atoms with van der Waals surface area (Å²) in [5, 5.41) is 8.90. The molecule has 5 nitrogen and oxygen atoms in total. The Balaban J connectivity index is 2.22. The minimum Gasteiger partial charge on any atom is -0.481 e. The van der Waals surface area contributed by atoms with Crippen LogP contribution in [0.3, 0.4) is 0 Å². The van der Waals surface area contributed by atoms with Gasteiger partial charge in [-0.1, -0.05) is 0 Å². The van der Waals surface area contributed by atoms with Crippen LogP contribution in [0.2, 0.25) is 0 Å². The summed E-state index contributed by atoms with van der Waals surface area (Å²) >= 11 is 0. The molecule has 74 valence electrons. The van der Waals surface area contributed by atoms with E-state index in [-0.39, 0.29) is 18.1 Å². The van der Waals surface area contributed by atoms with E-state index in [2.05, 4.69) is 0 Å². The van der Waals surface area contributed by atoms with Crippen LogP contribution in [0.1, 0.15) is 6.42 Å². The highest BCUT2D eigenvalue weighted by Gasteiger charge is 2.78. The maximum absolute atomic E-state index is 10.9. The van der Waals surface area contributed by atoms with Gasteiger partial charge in [0.15, 0.2) is 9.84 Å². The zero-order valence-corrected chi connectivity index (χ0v) is 7.80. The molecule has 1 aliphatic heterocycles. The molecule has 1 unspecified atom stereocenters. The van der Waals surface area contributed by atoms with Crippen LogP contribution in [0.4, 0.5) is 0 Å². The first-order chi connectivity index (χ1) is 5.88. The van der Waals surface area contributed by atoms with Crippen molar-refractivity contribution >= 4 is 15.8 Å². The van der Waals surface area contributed by atoms with Crippen molar-refractivity contribution in [3.63, 3.8) is 0 Å². The maximum atomic E-state index is 10.9. The van der Waals surface area contributed by atoms with E-state index in [1.54, 1.807) is 0 Å². The van der Waals surface area contributed by atoms with Crippen LogP contribution in [0.5, 0.6) is 0 Å². The molecule has 2 fully saturated rings. The number of carbonyl (C=O) groups is 1. The quantitative estimate of drug-likeness (QED) is 0.592. The van der Waals surface area contributed by atoms with Gasteiger partial charge in [-0.25, -0.2) is 8.42 Å². The lowest BCUT2D eigenvalue weighted by Crippen LogP contribution is -2.46. The molecule has 1 spiro atoms. The van der Waals surface area contributed by atoms with Crippen molar-refractivity contribution in [3.8, 4) is 0 Å². The summed E-state index contributed by atoms with van der Waals surface area (Å²) in [5.41, 5.74) is 3.90. The van der Waals surface area contributed by atoms with E-state index in [1.807, 2.05) is 0 Å². The van der Waals surface area contributed by atoms with E-state index in [9.17, 15) is 13.2 Å². The first kappa shape index (κ1) is 8.96. The Kier molecular flexibility index (Phi) is 1.42. The SMILES string of the molecule is NCC1(C(=O)O)CC12CS(=O)(=O)C2. The van der Waals surface area contributed by atoms with Crippen molar-refractivity contribution in [2.24, 2.45) is 16.6 Å². The lowest BCUT2D eigenvalue weighted by atomic mass is 9.95. The van der Waals surface area contributed by atoms with Crippen LogP contribution < -0.4 is 5.73 Å². The van der Waals surface area contributed by atoms with Gasteiger partial charge >= 0.3 is 5.97 Å². The van der Waals surface area contributed by atoms with Gasteiger partial charge in [-0.3, -0.25) is 4.79 Å². The normalized spacial score (nSPS) is 38.2. The number of carboxylic acid groups (broad SMARTS) is 1. The predicted molar refractivity (Wildman–Crippen MR) is 44.8 cm³/mol. The van der Waals surface area contributed by atoms with Crippen LogP contribution in [-0.4, -0.2) is 37.5 Å². The van der Waals surface area contributed by atoms with Gasteiger partial charge in [-0.15, -0.1) is 0 Å². The molecule has 0 aromatic carbocycles. The number of sulfone groups is 1. The van der Waals surface area contributed by atoms with E-state index in [1.165, 1.54) is 0 Å². The van der Waals surface area contributed by atoms with Crippen molar-refractivity contribution in [3.05, 3.63) is 0 Å². The van der Waals surface area contributed by atoms with E-state index in [0.717, 1.165) is 0 Å². The highest BCUT2D eigenvalue weighted by Crippen LogP contribution is 2.68. The van der Waals surface area contributed by atoms with Crippen molar-refractivity contribution in [1.29, 1.82) is 0 Å². The summed E-state index contributed by atoms with van der Waals surface area (Å²) in [7, 11) is -2.96. The number of carboxylic acids is 1. The zero-order chi connectivity index (χ0) is 9.91. The molecule has 1 atom stereocenters. The zero-order valence-electron chi connectivity index (χ0n) is 6.99. The van der Waals surface area contributed by atoms with Gasteiger partial charge in [0.25, 0.3) is 0 Å². The molecule has 0 amide bonds. The third kappa shape index (κ3) is 0.899. The third-order valence-corrected chi connectivity index (χ3v) is 5.27. The number of hydrogen-bond donors (Lipinski definition) is 2. The molecule has 1 aliphatic carbocycles. The molecule has 6 heteroatoms. The molecular formula is C7H11NO4S. The number of nitrogens with two attached hydrogens (primary N) is 1.